The third-order valence-electron chi connectivity index (χ3n) is 16.4. The number of carboxylic acid groups (broad SMARTS) is 1. The van der Waals surface area contributed by atoms with Crippen molar-refractivity contribution in [2.24, 2.45) is 41.4 Å². The van der Waals surface area contributed by atoms with Crippen LogP contribution in [0.15, 0.2) is 12.2 Å². The Hall–Kier alpha value is -6.70. The van der Waals surface area contributed by atoms with Crippen LogP contribution in [-0.2, 0) is 62.3 Å². The van der Waals surface area contributed by atoms with Gasteiger partial charge in [-0.05, 0) is 93.8 Å². The predicted octanol–water partition coefficient (Wildman–Crippen LogP) is 2.35. The average molecular weight is 1280 g/mol. The lowest BCUT2D eigenvalue weighted by atomic mass is 9.91. The van der Waals surface area contributed by atoms with Crippen molar-refractivity contribution in [1.82, 2.24) is 55.6 Å². The van der Waals surface area contributed by atoms with E-state index in [1.54, 1.807) is 47.6 Å². The Kier molecular flexibility index (Phi) is 34.0. The highest BCUT2D eigenvalue weighted by Crippen LogP contribution is 2.26. The van der Waals surface area contributed by atoms with Crippen molar-refractivity contribution in [3.05, 3.63) is 12.2 Å². The Morgan fingerprint density at radius 3 is 1.40 bits per heavy atom. The van der Waals surface area contributed by atoms with Gasteiger partial charge in [-0.15, -0.1) is 0 Å². The van der Waals surface area contributed by atoms with Crippen LogP contribution in [0.5, 0.6) is 0 Å². The minimum atomic E-state index is -1.72. The molecule has 0 spiro atoms. The van der Waals surface area contributed by atoms with Crippen molar-refractivity contribution in [2.45, 2.75) is 216 Å². The van der Waals surface area contributed by atoms with Gasteiger partial charge in [0.2, 0.25) is 65.0 Å². The quantitative estimate of drug-likeness (QED) is 0.0799. The number of aliphatic carboxylic acids is 1. The minimum Gasteiger partial charge on any atom is -0.480 e. The smallest absolute Gasteiger partial charge is 0.329 e. The van der Waals surface area contributed by atoms with Crippen LogP contribution in [0.3, 0.4) is 0 Å². The number of hydrogen-bond acceptors (Lipinski definition) is 14. The van der Waals surface area contributed by atoms with Gasteiger partial charge < -0.3 is 70.5 Å². The summed E-state index contributed by atoms with van der Waals surface area (Å²) >= 11 is 0. The van der Waals surface area contributed by atoms with Crippen LogP contribution < -0.4 is 21.3 Å². The van der Waals surface area contributed by atoms with E-state index in [2.05, 4.69) is 21.3 Å². The molecule has 0 bridgehead atoms. The first-order valence-electron chi connectivity index (χ1n) is 31.8. The highest BCUT2D eigenvalue weighted by molar-refractivity contribution is 5.99. The first-order valence-corrected chi connectivity index (χ1v) is 31.8. The summed E-state index contributed by atoms with van der Waals surface area (Å²) in [5.41, 5.74) is 0. The Balaban J connectivity index is 4.35. The molecule has 1 unspecified atom stereocenters. The number of carbonyl (C=O) groups is 12. The van der Waals surface area contributed by atoms with Crippen molar-refractivity contribution >= 4 is 70.9 Å². The van der Waals surface area contributed by atoms with Crippen molar-refractivity contribution < 1.29 is 72.5 Å². The normalized spacial score (nSPS) is 26.0. The molecule has 0 radical (unpaired) electrons. The first kappa shape index (κ1) is 81.3. The maximum Gasteiger partial charge on any atom is 0.329 e. The monoisotopic (exact) mass is 1280 g/mol. The van der Waals surface area contributed by atoms with Gasteiger partial charge in [-0.25, -0.2) is 4.79 Å². The lowest BCUT2D eigenvalue weighted by Gasteiger charge is -2.41. The molecule has 1 aliphatic heterocycles. The first-order chi connectivity index (χ1) is 41.6. The van der Waals surface area contributed by atoms with Gasteiger partial charge in [0.05, 0.1) is 19.3 Å². The standard InChI is InChI=1S/C64H113N11O15/c1-24-44-60(85)69(17)33-49(76)70(18)45(29-35(2)3)57(82)68-51(39(10)11)63(88)71(19)46(30-36(4)5)56(81)65-42(15)55(80)66-43(16)59(84)72(20)47(31-37(6)7)61(86)73(21)48(32-38(8)9)62(87)74(22)52(40(12)13)64(89)75(23)53(58(83)67-44)54(79)41(14)27-25-26-28-90-34-50(77)78/h25-26,35-48,51-54,79H,24,27-34H2,1-23H3,(H,65,81)(H,66,80)(H,67,83)(H,68,82)(H,77,78)/b26-25+/t41-,42+,43+,44+,45+,46+,47+,48+,51+,52+,53?,54-/m1/s1. The number of carboxylic acids is 1. The molecule has 1 aliphatic rings. The third kappa shape index (κ3) is 23.8. The van der Waals surface area contributed by atoms with E-state index in [0.29, 0.717) is 0 Å². The minimum absolute atomic E-state index is 0.0322. The largest absolute Gasteiger partial charge is 0.480 e. The zero-order valence-electron chi connectivity index (χ0n) is 58.2. The fourth-order valence-corrected chi connectivity index (χ4v) is 10.9. The Labute approximate surface area is 535 Å². The lowest BCUT2D eigenvalue weighted by molar-refractivity contribution is -0.157. The van der Waals surface area contributed by atoms with E-state index in [1.807, 2.05) is 55.4 Å². The number of amides is 11. The van der Waals surface area contributed by atoms with E-state index in [0.717, 1.165) is 9.80 Å². The van der Waals surface area contributed by atoms with E-state index < -0.39 is 168 Å². The number of rotatable bonds is 19. The molecule has 1 fully saturated rings. The molecule has 26 nitrogen and oxygen atoms in total. The average Bonchev–Trinajstić information content (AvgIpc) is 0.975. The van der Waals surface area contributed by atoms with Crippen LogP contribution in [0.2, 0.25) is 0 Å². The van der Waals surface area contributed by atoms with Crippen LogP contribution in [0, 0.1) is 41.4 Å². The van der Waals surface area contributed by atoms with Gasteiger partial charge in [-0.1, -0.05) is 109 Å². The van der Waals surface area contributed by atoms with Gasteiger partial charge in [-0.3, -0.25) is 52.7 Å². The van der Waals surface area contributed by atoms with E-state index in [9.17, 15) is 48.3 Å². The molecule has 11 amide bonds. The Bertz CT molecular complexity index is 2490. The van der Waals surface area contributed by atoms with Gasteiger partial charge in [0.15, 0.2) is 0 Å². The maximum atomic E-state index is 15.2. The van der Waals surface area contributed by atoms with Gasteiger partial charge in [0.25, 0.3) is 0 Å². The second kappa shape index (κ2) is 37.6. The van der Waals surface area contributed by atoms with Crippen molar-refractivity contribution in [2.75, 3.05) is 69.1 Å². The van der Waals surface area contributed by atoms with Gasteiger partial charge in [-0.2, -0.15) is 0 Å². The summed E-state index contributed by atoms with van der Waals surface area (Å²) in [5.74, 6) is -11.7. The number of likely N-dealkylation sites (N-methyl/N-ethyl adjacent to an activating group) is 7. The molecule has 26 heteroatoms. The number of aliphatic hydroxyl groups excluding tert-OH is 1. The van der Waals surface area contributed by atoms with E-state index >= 15 is 14.4 Å². The molecule has 12 atom stereocenters. The van der Waals surface area contributed by atoms with E-state index in [1.165, 1.54) is 93.8 Å². The molecule has 0 aromatic carbocycles. The summed E-state index contributed by atoms with van der Waals surface area (Å²) in [6.45, 7) is 26.5. The van der Waals surface area contributed by atoms with Crippen LogP contribution >= 0.6 is 0 Å². The number of carbonyl (C=O) groups excluding carboxylic acids is 11. The molecule has 0 saturated carbocycles. The second-order valence-electron chi connectivity index (χ2n) is 26.9. The number of allylic oxidation sites excluding steroid dienone is 1. The summed E-state index contributed by atoms with van der Waals surface area (Å²) in [5, 5.41) is 32.1. The fraction of sp³-hybridized carbons (Fsp3) is 0.781. The highest BCUT2D eigenvalue weighted by Gasteiger charge is 2.46. The fourth-order valence-electron chi connectivity index (χ4n) is 10.9. The molecule has 0 aliphatic carbocycles. The number of nitrogens with one attached hydrogen (secondary N) is 4. The maximum absolute atomic E-state index is 15.2. The van der Waals surface area contributed by atoms with Crippen LogP contribution in [-0.4, -0.2) is 251 Å². The summed E-state index contributed by atoms with van der Waals surface area (Å²) < 4.78 is 5.10. The number of hydrogen-bond donors (Lipinski definition) is 6. The molecule has 1 rings (SSSR count). The Morgan fingerprint density at radius 2 is 0.933 bits per heavy atom. The topological polar surface area (TPSA) is 325 Å². The number of nitrogens with zero attached hydrogens (tertiary/aromatic N) is 7. The SMILES string of the molecule is CC[C@@H]1NC(=O)C([C@H](O)[C@H](C)C/C=C/COCC(=O)O)N(C)C(=O)[C@H](C(C)C)N(C)C(=O)[C@H](CC(C)C)N(C)C(=O)[C@H](CC(C)C)N(C)C(=O)[C@H](C)NC(=O)[C@H](C)NC(=O)[C@H](CC(C)C)N(C)C(=O)[C@H](C(C)C)NC(=O)[C@H](CC(C)C)N(C)C(=O)CN(C)C1=O. The Morgan fingerprint density at radius 1 is 0.500 bits per heavy atom. The van der Waals surface area contributed by atoms with Crippen LogP contribution in [0.1, 0.15) is 149 Å². The van der Waals surface area contributed by atoms with Crippen LogP contribution in [0.4, 0.5) is 0 Å². The second-order valence-corrected chi connectivity index (χ2v) is 26.9. The van der Waals surface area contributed by atoms with Crippen LogP contribution in [0.25, 0.3) is 0 Å². The van der Waals surface area contributed by atoms with Gasteiger partial charge >= 0.3 is 5.97 Å². The summed E-state index contributed by atoms with van der Waals surface area (Å²) in [6, 6.07) is -12.8. The van der Waals surface area contributed by atoms with Gasteiger partial charge in [0.1, 0.15) is 67.0 Å². The van der Waals surface area contributed by atoms with Crippen molar-refractivity contribution in [1.29, 1.82) is 0 Å². The number of aliphatic hydroxyl groups is 1. The van der Waals surface area contributed by atoms with Gasteiger partial charge in [0, 0.05) is 49.3 Å². The highest BCUT2D eigenvalue weighted by atomic mass is 16.5. The predicted molar refractivity (Wildman–Crippen MR) is 341 cm³/mol. The summed E-state index contributed by atoms with van der Waals surface area (Å²) in [6.07, 6.45) is 2.09. The van der Waals surface area contributed by atoms with E-state index in [-0.39, 0.29) is 68.8 Å². The molecule has 1 saturated heterocycles. The molecule has 6 N–H and O–H groups in total. The van der Waals surface area contributed by atoms with Crippen molar-refractivity contribution in [3.8, 4) is 0 Å². The summed E-state index contributed by atoms with van der Waals surface area (Å²) in [7, 11) is 9.71. The molecule has 514 valence electrons. The third-order valence-corrected chi connectivity index (χ3v) is 16.4. The van der Waals surface area contributed by atoms with E-state index in [4.69, 9.17) is 9.84 Å². The number of ether oxygens (including phenoxy) is 1. The summed E-state index contributed by atoms with van der Waals surface area (Å²) in [4.78, 5) is 180. The lowest BCUT2D eigenvalue weighted by Crippen LogP contribution is -2.63. The molecular weight excluding hydrogens is 1160 g/mol. The molecule has 1 heterocycles. The van der Waals surface area contributed by atoms with Crippen molar-refractivity contribution in [3.63, 3.8) is 0 Å². The molecule has 0 aromatic heterocycles. The zero-order chi connectivity index (χ0) is 69.7. The molecular formula is C64H113N11O15. The zero-order valence-corrected chi connectivity index (χ0v) is 58.2. The molecule has 0 aromatic rings. The molecule has 90 heavy (non-hydrogen) atoms.